The zero-order valence-corrected chi connectivity index (χ0v) is 20.1. The van der Waals surface area contributed by atoms with Crippen LogP contribution in [-0.2, 0) is 4.74 Å². The van der Waals surface area contributed by atoms with Crippen molar-refractivity contribution < 1.29 is 18.7 Å². The molecule has 0 saturated carbocycles. The summed E-state index contributed by atoms with van der Waals surface area (Å²) in [6, 6.07) is 4.49. The number of nitrogens with two attached hydrogens (primary N) is 1. The van der Waals surface area contributed by atoms with Crippen LogP contribution in [0.2, 0.25) is 10.0 Å². The van der Waals surface area contributed by atoms with Gasteiger partial charge >= 0.3 is 6.09 Å². The zero-order valence-electron chi connectivity index (χ0n) is 18.6. The summed E-state index contributed by atoms with van der Waals surface area (Å²) in [6.07, 6.45) is 2.32. The van der Waals surface area contributed by atoms with Gasteiger partial charge in [-0.2, -0.15) is 0 Å². The van der Waals surface area contributed by atoms with Crippen LogP contribution >= 0.6 is 23.2 Å². The van der Waals surface area contributed by atoms with Crippen LogP contribution in [0.4, 0.5) is 15.0 Å². The van der Waals surface area contributed by atoms with Crippen LogP contribution in [0.15, 0.2) is 24.4 Å². The molecule has 1 aliphatic heterocycles. The second kappa shape index (κ2) is 9.71. The van der Waals surface area contributed by atoms with Crippen LogP contribution in [0.25, 0.3) is 0 Å². The molecule has 0 unspecified atom stereocenters. The number of nitrogens with zero attached hydrogens (tertiary/aromatic N) is 2. The normalized spacial score (nSPS) is 16.0. The van der Waals surface area contributed by atoms with Gasteiger partial charge in [0.1, 0.15) is 17.5 Å². The summed E-state index contributed by atoms with van der Waals surface area (Å²) in [7, 11) is 0. The highest BCUT2D eigenvalue weighted by molar-refractivity contribution is 6.36. The minimum absolute atomic E-state index is 0.0813. The van der Waals surface area contributed by atoms with E-state index in [4.69, 9.17) is 38.4 Å². The quantitative estimate of drug-likeness (QED) is 0.511. The van der Waals surface area contributed by atoms with E-state index in [0.717, 1.165) is 18.4 Å². The maximum absolute atomic E-state index is 13.9. The summed E-state index contributed by atoms with van der Waals surface area (Å²) in [6.45, 7) is 8.45. The molecule has 2 heterocycles. The summed E-state index contributed by atoms with van der Waals surface area (Å²) >= 11 is 12.3. The van der Waals surface area contributed by atoms with E-state index < -0.39 is 17.5 Å². The van der Waals surface area contributed by atoms with E-state index in [0.29, 0.717) is 29.4 Å². The van der Waals surface area contributed by atoms with E-state index in [1.54, 1.807) is 18.0 Å². The second-order valence-electron chi connectivity index (χ2n) is 8.91. The predicted molar refractivity (Wildman–Crippen MR) is 124 cm³/mol. The number of ether oxygens (including phenoxy) is 2. The fraction of sp³-hybridized carbons (Fsp3) is 0.478. The lowest BCUT2D eigenvalue weighted by Gasteiger charge is -2.33. The number of aromatic nitrogens is 1. The van der Waals surface area contributed by atoms with E-state index in [2.05, 4.69) is 4.98 Å². The number of carbonyl (C=O) groups is 1. The van der Waals surface area contributed by atoms with Gasteiger partial charge in [0.2, 0.25) is 0 Å². The maximum Gasteiger partial charge on any atom is 0.410 e. The Morgan fingerprint density at radius 2 is 1.94 bits per heavy atom. The van der Waals surface area contributed by atoms with Gasteiger partial charge < -0.3 is 20.1 Å². The summed E-state index contributed by atoms with van der Waals surface area (Å²) in [5.74, 6) is 0.218. The lowest BCUT2D eigenvalue weighted by atomic mass is 9.90. The first-order chi connectivity index (χ1) is 15.0. The van der Waals surface area contributed by atoms with E-state index in [1.165, 1.54) is 12.1 Å². The van der Waals surface area contributed by atoms with Gasteiger partial charge in [-0.3, -0.25) is 0 Å². The van der Waals surface area contributed by atoms with Crippen LogP contribution in [0.3, 0.4) is 0 Å². The third-order valence-electron chi connectivity index (χ3n) is 5.31. The zero-order chi connectivity index (χ0) is 23.6. The number of hydrogen-bond acceptors (Lipinski definition) is 5. The average Bonchev–Trinajstić information content (AvgIpc) is 2.71. The Hall–Kier alpha value is -2.25. The van der Waals surface area contributed by atoms with Gasteiger partial charge in [-0.25, -0.2) is 14.2 Å². The number of piperidine rings is 1. The van der Waals surface area contributed by atoms with Crippen molar-refractivity contribution in [3.05, 3.63) is 51.4 Å². The first-order valence-corrected chi connectivity index (χ1v) is 11.2. The molecule has 1 aromatic carbocycles. The Labute approximate surface area is 197 Å². The lowest BCUT2D eigenvalue weighted by molar-refractivity contribution is 0.0204. The van der Waals surface area contributed by atoms with Gasteiger partial charge in [0.15, 0.2) is 11.6 Å². The summed E-state index contributed by atoms with van der Waals surface area (Å²) in [5.41, 5.74) is 6.81. The number of halogens is 3. The fourth-order valence-electron chi connectivity index (χ4n) is 3.67. The molecule has 1 fully saturated rings. The molecule has 2 aromatic rings. The van der Waals surface area contributed by atoms with E-state index in [1.807, 2.05) is 26.8 Å². The van der Waals surface area contributed by atoms with Crippen LogP contribution in [-0.4, -0.2) is 34.7 Å². The SMILES string of the molecule is C[C@@H](Oc1cc(C2CCN(C(=O)OC(C)(C)C)CC2)cnc1N)c1c(Cl)ccc(F)c1Cl. The molecule has 2 N–H and O–H groups in total. The molecule has 174 valence electrons. The third-order valence-corrected chi connectivity index (χ3v) is 6.02. The molecule has 1 aromatic heterocycles. The second-order valence-corrected chi connectivity index (χ2v) is 9.70. The topological polar surface area (TPSA) is 77.7 Å². The van der Waals surface area contributed by atoms with Crippen molar-refractivity contribution >= 4 is 35.1 Å². The van der Waals surface area contributed by atoms with Gasteiger partial charge in [-0.05, 0) is 70.2 Å². The molecular formula is C23H28Cl2FN3O3. The number of likely N-dealkylation sites (tertiary alicyclic amines) is 1. The Kier molecular flexibility index (Phi) is 7.40. The first-order valence-electron chi connectivity index (χ1n) is 10.5. The molecule has 1 amide bonds. The Balaban J connectivity index is 1.71. The highest BCUT2D eigenvalue weighted by Gasteiger charge is 2.28. The molecule has 1 aliphatic rings. The monoisotopic (exact) mass is 483 g/mol. The van der Waals surface area contributed by atoms with Crippen molar-refractivity contribution in [1.29, 1.82) is 0 Å². The summed E-state index contributed by atoms with van der Waals surface area (Å²) in [5, 5.41) is 0.225. The first kappa shape index (κ1) is 24.4. The van der Waals surface area contributed by atoms with Crippen molar-refractivity contribution in [3.8, 4) is 5.75 Å². The third kappa shape index (κ3) is 5.75. The number of nitrogen functional groups attached to an aromatic ring is 1. The Morgan fingerprint density at radius 3 is 2.56 bits per heavy atom. The van der Waals surface area contributed by atoms with Gasteiger partial charge in [-0.1, -0.05) is 23.2 Å². The van der Waals surface area contributed by atoms with Crippen molar-refractivity contribution in [1.82, 2.24) is 9.88 Å². The fourth-order valence-corrected chi connectivity index (χ4v) is 4.35. The molecule has 6 nitrogen and oxygen atoms in total. The smallest absolute Gasteiger partial charge is 0.410 e. The number of rotatable bonds is 4. The molecule has 0 spiro atoms. The predicted octanol–water partition coefficient (Wildman–Crippen LogP) is 6.36. The Morgan fingerprint density at radius 1 is 1.28 bits per heavy atom. The molecule has 1 atom stereocenters. The minimum atomic E-state index is -0.640. The number of hydrogen-bond donors (Lipinski definition) is 1. The number of carbonyl (C=O) groups excluding carboxylic acids is 1. The van der Waals surface area contributed by atoms with Crippen LogP contribution in [0.1, 0.15) is 63.7 Å². The van der Waals surface area contributed by atoms with Crippen molar-refractivity contribution in [2.45, 2.75) is 58.2 Å². The molecule has 9 heteroatoms. The van der Waals surface area contributed by atoms with Gasteiger partial charge in [0, 0.05) is 29.9 Å². The highest BCUT2D eigenvalue weighted by Crippen LogP contribution is 2.37. The molecule has 0 bridgehead atoms. The van der Waals surface area contributed by atoms with Gasteiger partial charge in [-0.15, -0.1) is 0 Å². The molecular weight excluding hydrogens is 456 g/mol. The van der Waals surface area contributed by atoms with Crippen molar-refractivity contribution in [2.75, 3.05) is 18.8 Å². The molecule has 1 saturated heterocycles. The van der Waals surface area contributed by atoms with Crippen molar-refractivity contribution in [3.63, 3.8) is 0 Å². The van der Waals surface area contributed by atoms with Crippen molar-refractivity contribution in [2.24, 2.45) is 0 Å². The van der Waals surface area contributed by atoms with Crippen LogP contribution in [0.5, 0.6) is 5.75 Å². The van der Waals surface area contributed by atoms with E-state index in [-0.39, 0.29) is 22.9 Å². The molecule has 32 heavy (non-hydrogen) atoms. The molecule has 3 rings (SSSR count). The minimum Gasteiger partial charge on any atom is -0.482 e. The Bertz CT molecular complexity index is 989. The van der Waals surface area contributed by atoms with Gasteiger partial charge in [0.05, 0.1) is 5.02 Å². The summed E-state index contributed by atoms with van der Waals surface area (Å²) in [4.78, 5) is 18.3. The number of pyridine rings is 1. The lowest BCUT2D eigenvalue weighted by Crippen LogP contribution is -2.41. The number of benzene rings is 1. The van der Waals surface area contributed by atoms with Gasteiger partial charge in [0.25, 0.3) is 0 Å². The van der Waals surface area contributed by atoms with Crippen LogP contribution < -0.4 is 10.5 Å². The number of anilines is 1. The van der Waals surface area contributed by atoms with Crippen LogP contribution in [0, 0.1) is 5.82 Å². The maximum atomic E-state index is 13.9. The van der Waals surface area contributed by atoms with E-state index >= 15 is 0 Å². The van der Waals surface area contributed by atoms with E-state index in [9.17, 15) is 9.18 Å². The molecule has 0 radical (unpaired) electrons. The molecule has 0 aliphatic carbocycles. The standard InChI is InChI=1S/C23H28Cl2FN3O3/c1-13(19-16(24)5-6-17(26)20(19)25)31-18-11-15(12-28-21(18)27)14-7-9-29(10-8-14)22(30)32-23(2,3)4/h5-6,11-14H,7-10H2,1-4H3,(H2,27,28)/t13-/m1/s1. The average molecular weight is 484 g/mol. The number of amides is 1. The largest absolute Gasteiger partial charge is 0.482 e. The summed E-state index contributed by atoms with van der Waals surface area (Å²) < 4.78 is 25.3. The highest BCUT2D eigenvalue weighted by atomic mass is 35.5.